The maximum absolute atomic E-state index is 4.55. The smallest absolute Gasteiger partial charge is 0.212 e. The first-order chi connectivity index (χ1) is 9.38. The van der Waals surface area contributed by atoms with Crippen LogP contribution in [0.25, 0.3) is 16.9 Å². The highest BCUT2D eigenvalue weighted by Gasteiger charge is 2.08. The van der Waals surface area contributed by atoms with Gasteiger partial charge < -0.3 is 0 Å². The van der Waals surface area contributed by atoms with Crippen molar-refractivity contribution in [3.63, 3.8) is 0 Å². The average molecular weight is 269 g/mol. The number of nitrogens with zero attached hydrogens (tertiary/aromatic N) is 5. The zero-order chi connectivity index (χ0) is 13.1. The summed E-state index contributed by atoms with van der Waals surface area (Å²) in [5, 5.41) is 13.5. The average Bonchev–Trinajstić information content (AvgIpc) is 2.88. The summed E-state index contributed by atoms with van der Waals surface area (Å²) in [5.41, 5.74) is 2.55. The molecule has 0 saturated carbocycles. The summed E-state index contributed by atoms with van der Waals surface area (Å²) in [5.74, 6) is 0.777. The van der Waals surface area contributed by atoms with Gasteiger partial charge in [-0.05, 0) is 24.3 Å². The van der Waals surface area contributed by atoms with E-state index >= 15 is 0 Å². The van der Waals surface area contributed by atoms with E-state index in [9.17, 15) is 0 Å². The number of pyridine rings is 1. The lowest BCUT2D eigenvalue weighted by Crippen LogP contribution is -1.96. The van der Waals surface area contributed by atoms with Crippen LogP contribution in [0.2, 0.25) is 0 Å². The molecule has 0 N–H and O–H groups in total. The van der Waals surface area contributed by atoms with Crippen molar-refractivity contribution in [2.45, 2.75) is 5.16 Å². The van der Waals surface area contributed by atoms with Gasteiger partial charge in [0, 0.05) is 23.7 Å². The van der Waals surface area contributed by atoms with Gasteiger partial charge in [-0.15, -0.1) is 16.8 Å². The molecule has 0 aliphatic carbocycles. The minimum Gasteiger partial charge on any atom is -0.264 e. The Kier molecular flexibility index (Phi) is 3.24. The van der Waals surface area contributed by atoms with Gasteiger partial charge in [0.05, 0.1) is 5.69 Å². The highest BCUT2D eigenvalue weighted by molar-refractivity contribution is 7.99. The van der Waals surface area contributed by atoms with E-state index < -0.39 is 0 Å². The van der Waals surface area contributed by atoms with Gasteiger partial charge in [0.2, 0.25) is 5.16 Å². The van der Waals surface area contributed by atoms with Crippen LogP contribution in [0.5, 0.6) is 0 Å². The predicted molar refractivity (Wildman–Crippen MR) is 74.9 cm³/mol. The second-order valence-electron chi connectivity index (χ2n) is 3.81. The van der Waals surface area contributed by atoms with Gasteiger partial charge in [0.1, 0.15) is 0 Å². The molecule has 0 spiro atoms. The molecular weight excluding hydrogens is 258 g/mol. The molecule has 0 saturated heterocycles. The van der Waals surface area contributed by atoms with Crippen molar-refractivity contribution in [3.8, 4) is 11.3 Å². The lowest BCUT2D eigenvalue weighted by atomic mass is 10.2. The van der Waals surface area contributed by atoms with Crippen LogP contribution in [0, 0.1) is 0 Å². The molecule has 3 rings (SSSR count). The molecule has 0 aliphatic heterocycles. The number of hydrogen-bond acceptors (Lipinski definition) is 5. The fourth-order valence-corrected chi connectivity index (χ4v) is 2.28. The number of hydrogen-bond donors (Lipinski definition) is 0. The van der Waals surface area contributed by atoms with Gasteiger partial charge in [0.25, 0.3) is 0 Å². The molecule has 0 atom stereocenters. The van der Waals surface area contributed by atoms with E-state index in [0.717, 1.165) is 27.8 Å². The van der Waals surface area contributed by atoms with Crippen LogP contribution < -0.4 is 0 Å². The van der Waals surface area contributed by atoms with E-state index in [1.165, 1.54) is 0 Å². The van der Waals surface area contributed by atoms with Crippen molar-refractivity contribution >= 4 is 17.4 Å². The number of thioether (sulfide) groups is 1. The topological polar surface area (TPSA) is 56.0 Å². The molecule has 19 heavy (non-hydrogen) atoms. The maximum Gasteiger partial charge on any atom is 0.212 e. The van der Waals surface area contributed by atoms with Gasteiger partial charge in [-0.3, -0.25) is 4.98 Å². The third-order valence-corrected chi connectivity index (χ3v) is 3.44. The molecule has 0 bridgehead atoms. The fraction of sp³-hybridized carbons (Fsp3) is 0.0769. The first kappa shape index (κ1) is 11.9. The molecule has 0 aromatic carbocycles. The standard InChI is InChI=1S/C13H11N5S/c1-2-8-19-13-16-15-12-6-5-11(17-18(12)13)10-4-3-7-14-9-10/h2-7,9H,1,8H2. The van der Waals surface area contributed by atoms with E-state index in [4.69, 9.17) is 0 Å². The Morgan fingerprint density at radius 1 is 1.26 bits per heavy atom. The summed E-state index contributed by atoms with van der Waals surface area (Å²) < 4.78 is 1.75. The second kappa shape index (κ2) is 5.19. The van der Waals surface area contributed by atoms with Crippen LogP contribution in [-0.2, 0) is 0 Å². The van der Waals surface area contributed by atoms with E-state index in [1.807, 2.05) is 30.3 Å². The quantitative estimate of drug-likeness (QED) is 0.538. The van der Waals surface area contributed by atoms with E-state index in [1.54, 1.807) is 28.7 Å². The Morgan fingerprint density at radius 2 is 2.21 bits per heavy atom. The molecule has 94 valence electrons. The lowest BCUT2D eigenvalue weighted by Gasteiger charge is -2.01. The molecule has 0 aliphatic rings. The fourth-order valence-electron chi connectivity index (χ4n) is 1.66. The van der Waals surface area contributed by atoms with E-state index in [-0.39, 0.29) is 0 Å². The van der Waals surface area contributed by atoms with Crippen LogP contribution in [0.1, 0.15) is 0 Å². The SMILES string of the molecule is C=CCSc1nnc2ccc(-c3cccnc3)nn12. The Bertz CT molecular complexity index is 707. The zero-order valence-electron chi connectivity index (χ0n) is 10.1. The summed E-state index contributed by atoms with van der Waals surface area (Å²) in [4.78, 5) is 4.10. The van der Waals surface area contributed by atoms with Crippen LogP contribution in [0.15, 0.2) is 54.5 Å². The van der Waals surface area contributed by atoms with Crippen molar-refractivity contribution in [3.05, 3.63) is 49.3 Å². The molecular formula is C13H11N5S. The number of rotatable bonds is 4. The summed E-state index contributed by atoms with van der Waals surface area (Å²) in [7, 11) is 0. The van der Waals surface area contributed by atoms with Crippen LogP contribution in [0.3, 0.4) is 0 Å². The maximum atomic E-state index is 4.55. The molecule has 3 aromatic rings. The minimum atomic E-state index is 0.735. The third-order valence-electron chi connectivity index (χ3n) is 2.52. The Hall–Kier alpha value is -2.21. The van der Waals surface area contributed by atoms with Gasteiger partial charge in [-0.1, -0.05) is 17.8 Å². The Labute approximate surface area is 114 Å². The van der Waals surface area contributed by atoms with Crippen LogP contribution in [0.4, 0.5) is 0 Å². The summed E-state index contributed by atoms with van der Waals surface area (Å²) in [6.07, 6.45) is 5.36. The van der Waals surface area contributed by atoms with E-state index in [0.29, 0.717) is 0 Å². The highest BCUT2D eigenvalue weighted by Crippen LogP contribution is 2.19. The zero-order valence-corrected chi connectivity index (χ0v) is 10.9. The van der Waals surface area contributed by atoms with Gasteiger partial charge in [0.15, 0.2) is 5.65 Å². The summed E-state index contributed by atoms with van der Waals surface area (Å²) >= 11 is 1.55. The first-order valence-corrected chi connectivity index (χ1v) is 6.73. The predicted octanol–water partition coefficient (Wildman–Crippen LogP) is 2.46. The van der Waals surface area contributed by atoms with Gasteiger partial charge in [-0.2, -0.15) is 9.61 Å². The highest BCUT2D eigenvalue weighted by atomic mass is 32.2. The molecule has 3 heterocycles. The van der Waals surface area contributed by atoms with Crippen LogP contribution in [-0.4, -0.2) is 30.5 Å². The van der Waals surface area contributed by atoms with Crippen molar-refractivity contribution < 1.29 is 0 Å². The molecule has 5 nitrogen and oxygen atoms in total. The Balaban J connectivity index is 2.06. The minimum absolute atomic E-state index is 0.735. The molecule has 0 radical (unpaired) electrons. The third kappa shape index (κ3) is 2.34. The second-order valence-corrected chi connectivity index (χ2v) is 4.80. The van der Waals surface area contributed by atoms with Crippen LogP contribution >= 0.6 is 11.8 Å². The summed E-state index contributed by atoms with van der Waals surface area (Å²) in [6, 6.07) is 7.69. The van der Waals surface area contributed by atoms with Crippen molar-refractivity contribution in [1.29, 1.82) is 0 Å². The molecule has 0 fully saturated rings. The molecule has 0 amide bonds. The number of aromatic nitrogens is 5. The summed E-state index contributed by atoms with van der Waals surface area (Å²) in [6.45, 7) is 3.70. The monoisotopic (exact) mass is 269 g/mol. The van der Waals surface area contributed by atoms with Crippen molar-refractivity contribution in [1.82, 2.24) is 24.8 Å². The van der Waals surface area contributed by atoms with Crippen molar-refractivity contribution in [2.24, 2.45) is 0 Å². The van der Waals surface area contributed by atoms with Gasteiger partial charge in [-0.25, -0.2) is 0 Å². The molecule has 3 aromatic heterocycles. The van der Waals surface area contributed by atoms with Gasteiger partial charge >= 0.3 is 0 Å². The van der Waals surface area contributed by atoms with Crippen molar-refractivity contribution in [2.75, 3.05) is 5.75 Å². The first-order valence-electron chi connectivity index (χ1n) is 5.75. The number of fused-ring (bicyclic) bond motifs is 1. The normalized spacial score (nSPS) is 10.7. The molecule has 0 unspecified atom stereocenters. The lowest BCUT2D eigenvalue weighted by molar-refractivity contribution is 0.813. The molecule has 6 heteroatoms. The Morgan fingerprint density at radius 3 is 3.00 bits per heavy atom. The van der Waals surface area contributed by atoms with E-state index in [2.05, 4.69) is 26.9 Å². The largest absolute Gasteiger partial charge is 0.264 e.